The molecular weight excluding hydrogens is 232 g/mol. The lowest BCUT2D eigenvalue weighted by Gasteiger charge is -2.42. The third-order valence-electron chi connectivity index (χ3n) is 3.39. The van der Waals surface area contributed by atoms with Gasteiger partial charge in [0, 0.05) is 18.0 Å². The minimum absolute atomic E-state index is 0.220. The van der Waals surface area contributed by atoms with Crippen LogP contribution < -0.4 is 0 Å². The molecule has 0 spiro atoms. The molecule has 15 heavy (non-hydrogen) atoms. The SMILES string of the molecule is O=S(=O)(c1cscn1)N1CC2CCCC21. The summed E-state index contributed by atoms with van der Waals surface area (Å²) in [6.07, 6.45) is 3.38. The number of rotatable bonds is 2. The van der Waals surface area contributed by atoms with Gasteiger partial charge in [0.25, 0.3) is 10.0 Å². The van der Waals surface area contributed by atoms with Crippen LogP contribution in [0.15, 0.2) is 15.9 Å². The van der Waals surface area contributed by atoms with E-state index in [0.29, 0.717) is 12.5 Å². The molecule has 0 radical (unpaired) electrons. The van der Waals surface area contributed by atoms with Gasteiger partial charge in [-0.2, -0.15) is 4.31 Å². The van der Waals surface area contributed by atoms with Gasteiger partial charge in [-0.3, -0.25) is 0 Å². The Morgan fingerprint density at radius 1 is 1.47 bits per heavy atom. The maximum absolute atomic E-state index is 12.1. The van der Waals surface area contributed by atoms with E-state index in [4.69, 9.17) is 0 Å². The van der Waals surface area contributed by atoms with E-state index in [-0.39, 0.29) is 11.1 Å². The second kappa shape index (κ2) is 3.26. The summed E-state index contributed by atoms with van der Waals surface area (Å²) in [7, 11) is -3.28. The van der Waals surface area contributed by atoms with Crippen molar-refractivity contribution in [3.05, 3.63) is 10.9 Å². The zero-order valence-corrected chi connectivity index (χ0v) is 9.80. The fraction of sp³-hybridized carbons (Fsp3) is 0.667. The number of nitrogens with zero attached hydrogens (tertiary/aromatic N) is 2. The standard InChI is InChI=1S/C9H12N2O2S2/c12-15(13,9-5-14-6-10-9)11-4-7-2-1-3-8(7)11/h5-8H,1-4H2. The van der Waals surface area contributed by atoms with Gasteiger partial charge in [-0.05, 0) is 18.8 Å². The van der Waals surface area contributed by atoms with Crippen molar-refractivity contribution in [2.24, 2.45) is 5.92 Å². The molecule has 0 aromatic carbocycles. The number of aromatic nitrogens is 1. The quantitative estimate of drug-likeness (QED) is 0.788. The van der Waals surface area contributed by atoms with Crippen LogP contribution in [0.5, 0.6) is 0 Å². The molecule has 1 aromatic heterocycles. The van der Waals surface area contributed by atoms with Crippen molar-refractivity contribution in [3.63, 3.8) is 0 Å². The largest absolute Gasteiger partial charge is 0.261 e. The van der Waals surface area contributed by atoms with E-state index < -0.39 is 10.0 Å². The first-order valence-electron chi connectivity index (χ1n) is 5.09. The first kappa shape index (κ1) is 9.74. The van der Waals surface area contributed by atoms with Gasteiger partial charge in [-0.25, -0.2) is 13.4 Å². The van der Waals surface area contributed by atoms with Crippen LogP contribution in [0, 0.1) is 5.92 Å². The number of hydrogen-bond acceptors (Lipinski definition) is 4. The fourth-order valence-electron chi connectivity index (χ4n) is 2.56. The fourth-order valence-corrected chi connectivity index (χ4v) is 5.14. The molecule has 82 valence electrons. The van der Waals surface area contributed by atoms with Gasteiger partial charge in [0.05, 0.1) is 5.51 Å². The van der Waals surface area contributed by atoms with E-state index in [1.807, 2.05) is 0 Å². The molecule has 3 rings (SSSR count). The van der Waals surface area contributed by atoms with Gasteiger partial charge in [0.1, 0.15) is 0 Å². The van der Waals surface area contributed by atoms with Crippen molar-refractivity contribution < 1.29 is 8.42 Å². The van der Waals surface area contributed by atoms with E-state index in [9.17, 15) is 8.42 Å². The number of thiazole rings is 1. The van der Waals surface area contributed by atoms with E-state index in [2.05, 4.69) is 4.98 Å². The van der Waals surface area contributed by atoms with Crippen LogP contribution in [0.3, 0.4) is 0 Å². The Morgan fingerprint density at radius 2 is 2.33 bits per heavy atom. The zero-order chi connectivity index (χ0) is 10.5. The third kappa shape index (κ3) is 1.35. The topological polar surface area (TPSA) is 50.3 Å². The van der Waals surface area contributed by atoms with Crippen LogP contribution in [0.25, 0.3) is 0 Å². The first-order valence-corrected chi connectivity index (χ1v) is 7.48. The van der Waals surface area contributed by atoms with Gasteiger partial charge in [-0.15, -0.1) is 11.3 Å². The molecule has 4 nitrogen and oxygen atoms in total. The summed E-state index contributed by atoms with van der Waals surface area (Å²) in [6, 6.07) is 0.261. The van der Waals surface area contributed by atoms with Crippen LogP contribution in [0.4, 0.5) is 0 Å². The Bertz CT molecular complexity index is 454. The summed E-state index contributed by atoms with van der Waals surface area (Å²) >= 11 is 1.33. The van der Waals surface area contributed by atoms with E-state index in [0.717, 1.165) is 6.42 Å². The minimum atomic E-state index is -3.28. The molecule has 0 bridgehead atoms. The van der Waals surface area contributed by atoms with Crippen molar-refractivity contribution in [2.45, 2.75) is 30.3 Å². The minimum Gasteiger partial charge on any atom is -0.232 e. The highest BCUT2D eigenvalue weighted by Crippen LogP contribution is 2.41. The lowest BCUT2D eigenvalue weighted by Crippen LogP contribution is -2.55. The zero-order valence-electron chi connectivity index (χ0n) is 8.17. The predicted octanol–water partition coefficient (Wildman–Crippen LogP) is 1.32. The molecule has 0 amide bonds. The highest BCUT2D eigenvalue weighted by molar-refractivity contribution is 7.89. The lowest BCUT2D eigenvalue weighted by atomic mass is 9.96. The molecule has 1 saturated heterocycles. The van der Waals surface area contributed by atoms with Gasteiger partial charge in [0.15, 0.2) is 5.03 Å². The summed E-state index contributed by atoms with van der Waals surface area (Å²) in [6.45, 7) is 0.699. The van der Waals surface area contributed by atoms with Crippen molar-refractivity contribution in [1.29, 1.82) is 0 Å². The van der Waals surface area contributed by atoms with Crippen molar-refractivity contribution >= 4 is 21.4 Å². The molecule has 1 aromatic rings. The van der Waals surface area contributed by atoms with Crippen LogP contribution in [-0.4, -0.2) is 30.3 Å². The molecule has 1 saturated carbocycles. The summed E-state index contributed by atoms with van der Waals surface area (Å²) in [5.41, 5.74) is 1.57. The summed E-state index contributed by atoms with van der Waals surface area (Å²) in [4.78, 5) is 3.89. The molecule has 6 heteroatoms. The molecule has 2 fully saturated rings. The Labute approximate surface area is 93.0 Å². The molecular formula is C9H12N2O2S2. The third-order valence-corrected chi connectivity index (χ3v) is 5.91. The molecule has 1 aliphatic carbocycles. The second-order valence-corrected chi connectivity index (χ2v) is 6.72. The van der Waals surface area contributed by atoms with E-state index in [1.54, 1.807) is 15.2 Å². The van der Waals surface area contributed by atoms with Crippen LogP contribution in [-0.2, 0) is 10.0 Å². The number of fused-ring (bicyclic) bond motifs is 1. The van der Waals surface area contributed by atoms with Gasteiger partial charge in [-0.1, -0.05) is 6.42 Å². The normalized spacial score (nSPS) is 31.2. The lowest BCUT2D eigenvalue weighted by molar-refractivity contribution is 0.131. The maximum Gasteiger partial charge on any atom is 0.261 e. The number of hydrogen-bond donors (Lipinski definition) is 0. The molecule has 2 unspecified atom stereocenters. The average Bonchev–Trinajstić information content (AvgIpc) is 2.75. The van der Waals surface area contributed by atoms with Gasteiger partial charge >= 0.3 is 0 Å². The maximum atomic E-state index is 12.1. The average molecular weight is 244 g/mol. The predicted molar refractivity (Wildman–Crippen MR) is 57.1 cm³/mol. The van der Waals surface area contributed by atoms with Crippen LogP contribution in [0.2, 0.25) is 0 Å². The monoisotopic (exact) mass is 244 g/mol. The summed E-state index contributed by atoms with van der Waals surface area (Å²) in [5.74, 6) is 0.610. The van der Waals surface area contributed by atoms with Crippen LogP contribution >= 0.6 is 11.3 Å². The highest BCUT2D eigenvalue weighted by atomic mass is 32.2. The van der Waals surface area contributed by atoms with Gasteiger partial charge < -0.3 is 0 Å². The summed E-state index contributed by atoms with van der Waals surface area (Å²) in [5, 5.41) is 1.83. The molecule has 1 aliphatic heterocycles. The summed E-state index contributed by atoms with van der Waals surface area (Å²) < 4.78 is 25.8. The van der Waals surface area contributed by atoms with E-state index in [1.165, 1.54) is 24.2 Å². The Balaban J connectivity index is 1.89. The van der Waals surface area contributed by atoms with Crippen molar-refractivity contribution in [1.82, 2.24) is 9.29 Å². The molecule has 2 heterocycles. The van der Waals surface area contributed by atoms with Crippen molar-refractivity contribution in [2.75, 3.05) is 6.54 Å². The molecule has 2 aliphatic rings. The van der Waals surface area contributed by atoms with Crippen LogP contribution in [0.1, 0.15) is 19.3 Å². The Kier molecular flexibility index (Phi) is 2.12. The first-order chi connectivity index (χ1) is 7.19. The number of sulfonamides is 1. The van der Waals surface area contributed by atoms with Crippen molar-refractivity contribution in [3.8, 4) is 0 Å². The Hall–Kier alpha value is -0.460. The molecule has 0 N–H and O–H groups in total. The second-order valence-electron chi connectivity index (χ2n) is 4.16. The van der Waals surface area contributed by atoms with Gasteiger partial charge in [0.2, 0.25) is 0 Å². The van der Waals surface area contributed by atoms with E-state index >= 15 is 0 Å². The Morgan fingerprint density at radius 3 is 3.00 bits per heavy atom. The smallest absolute Gasteiger partial charge is 0.232 e. The highest BCUT2D eigenvalue weighted by Gasteiger charge is 2.48. The molecule has 2 atom stereocenters.